The summed E-state index contributed by atoms with van der Waals surface area (Å²) in [6, 6.07) is 5.62. The van der Waals surface area contributed by atoms with E-state index >= 15 is 0 Å². The second-order valence-electron chi connectivity index (χ2n) is 4.89. The number of nitrogen functional groups attached to an aromatic ring is 1. The van der Waals surface area contributed by atoms with Gasteiger partial charge in [-0.05, 0) is 38.1 Å². The lowest BCUT2D eigenvalue weighted by molar-refractivity contribution is 0.296. The smallest absolute Gasteiger partial charge is 0.0763 e. The van der Waals surface area contributed by atoms with E-state index in [2.05, 4.69) is 10.2 Å². The maximum absolute atomic E-state index is 6.12. The summed E-state index contributed by atoms with van der Waals surface area (Å²) in [7, 11) is 0. The van der Waals surface area contributed by atoms with E-state index in [9.17, 15) is 0 Å². The molecule has 3 N–H and O–H groups in total. The minimum absolute atomic E-state index is 0.700. The maximum Gasteiger partial charge on any atom is 0.0763 e. The molecule has 0 bridgehead atoms. The van der Waals surface area contributed by atoms with E-state index in [4.69, 9.17) is 17.3 Å². The summed E-state index contributed by atoms with van der Waals surface area (Å²) in [4.78, 5) is 2.52. The van der Waals surface area contributed by atoms with Crippen molar-refractivity contribution in [2.45, 2.75) is 25.7 Å². The average molecular weight is 268 g/mol. The Kier molecular flexibility index (Phi) is 5.14. The first-order chi connectivity index (χ1) is 8.77. The van der Waals surface area contributed by atoms with E-state index in [1.54, 1.807) is 0 Å². The number of halogens is 1. The number of likely N-dealkylation sites (tertiary alicyclic amines) is 1. The van der Waals surface area contributed by atoms with Crippen molar-refractivity contribution in [2.24, 2.45) is 0 Å². The third kappa shape index (κ3) is 3.79. The fraction of sp³-hybridized carbons (Fsp3) is 0.571. The van der Waals surface area contributed by atoms with Crippen molar-refractivity contribution < 1.29 is 0 Å². The number of benzene rings is 1. The van der Waals surface area contributed by atoms with Crippen LogP contribution in [0.25, 0.3) is 0 Å². The van der Waals surface area contributed by atoms with E-state index in [0.29, 0.717) is 5.02 Å². The third-order valence-corrected chi connectivity index (χ3v) is 3.79. The lowest BCUT2D eigenvalue weighted by Crippen LogP contribution is -2.30. The summed E-state index contributed by atoms with van der Waals surface area (Å²) < 4.78 is 0. The summed E-state index contributed by atoms with van der Waals surface area (Å²) in [5.74, 6) is 0. The van der Waals surface area contributed by atoms with Crippen LogP contribution >= 0.6 is 11.6 Å². The molecule has 0 atom stereocenters. The van der Waals surface area contributed by atoms with E-state index < -0.39 is 0 Å². The zero-order valence-electron chi connectivity index (χ0n) is 10.8. The molecule has 4 heteroatoms. The highest BCUT2D eigenvalue weighted by Gasteiger charge is 2.09. The molecule has 0 aromatic heterocycles. The summed E-state index contributed by atoms with van der Waals surface area (Å²) in [6.07, 6.45) is 5.41. The number of nitrogens with one attached hydrogen (secondary N) is 1. The van der Waals surface area contributed by atoms with Crippen LogP contribution in [0.2, 0.25) is 5.02 Å². The largest absolute Gasteiger partial charge is 0.397 e. The minimum Gasteiger partial charge on any atom is -0.397 e. The van der Waals surface area contributed by atoms with Crippen molar-refractivity contribution in [3.8, 4) is 0 Å². The SMILES string of the molecule is Nc1cccc(Cl)c1NCCN1CCCCCC1. The van der Waals surface area contributed by atoms with E-state index in [1.165, 1.54) is 38.8 Å². The van der Waals surface area contributed by atoms with Crippen LogP contribution < -0.4 is 11.1 Å². The van der Waals surface area contributed by atoms with Crippen LogP contribution in [0.4, 0.5) is 11.4 Å². The normalized spacial score (nSPS) is 17.4. The topological polar surface area (TPSA) is 41.3 Å². The molecule has 0 aliphatic carbocycles. The van der Waals surface area contributed by atoms with Gasteiger partial charge in [0.25, 0.3) is 0 Å². The summed E-state index contributed by atoms with van der Waals surface area (Å²) in [6.45, 7) is 4.40. The second kappa shape index (κ2) is 6.86. The highest BCUT2D eigenvalue weighted by atomic mass is 35.5. The minimum atomic E-state index is 0.700. The molecular formula is C14H22ClN3. The molecule has 1 aliphatic rings. The van der Waals surface area contributed by atoms with E-state index in [-0.39, 0.29) is 0 Å². The number of hydrogen-bond acceptors (Lipinski definition) is 3. The number of hydrogen-bond donors (Lipinski definition) is 2. The van der Waals surface area contributed by atoms with Crippen molar-refractivity contribution in [2.75, 3.05) is 37.2 Å². The van der Waals surface area contributed by atoms with Gasteiger partial charge in [0.2, 0.25) is 0 Å². The predicted molar refractivity (Wildman–Crippen MR) is 79.3 cm³/mol. The van der Waals surface area contributed by atoms with Gasteiger partial charge in [0, 0.05) is 13.1 Å². The second-order valence-corrected chi connectivity index (χ2v) is 5.29. The average Bonchev–Trinajstić information content (AvgIpc) is 2.61. The van der Waals surface area contributed by atoms with Crippen LogP contribution in [0.5, 0.6) is 0 Å². The molecule has 2 rings (SSSR count). The van der Waals surface area contributed by atoms with Gasteiger partial charge in [-0.3, -0.25) is 0 Å². The first-order valence-electron chi connectivity index (χ1n) is 6.77. The predicted octanol–water partition coefficient (Wildman–Crippen LogP) is 3.21. The monoisotopic (exact) mass is 267 g/mol. The molecule has 0 spiro atoms. The van der Waals surface area contributed by atoms with Gasteiger partial charge in [-0.2, -0.15) is 0 Å². The van der Waals surface area contributed by atoms with Crippen LogP contribution in [-0.4, -0.2) is 31.1 Å². The van der Waals surface area contributed by atoms with Gasteiger partial charge in [0.15, 0.2) is 0 Å². The Morgan fingerprint density at radius 1 is 1.17 bits per heavy atom. The Balaban J connectivity index is 1.80. The van der Waals surface area contributed by atoms with Crippen LogP contribution in [0.15, 0.2) is 18.2 Å². The first kappa shape index (κ1) is 13.5. The highest BCUT2D eigenvalue weighted by molar-refractivity contribution is 6.33. The maximum atomic E-state index is 6.12. The molecular weight excluding hydrogens is 246 g/mol. The summed E-state index contributed by atoms with van der Waals surface area (Å²) >= 11 is 6.12. The quantitative estimate of drug-likeness (QED) is 0.823. The van der Waals surface area contributed by atoms with Crippen LogP contribution in [0.1, 0.15) is 25.7 Å². The Labute approximate surface area is 114 Å². The molecule has 1 aromatic carbocycles. The van der Waals surface area contributed by atoms with Gasteiger partial charge >= 0.3 is 0 Å². The lowest BCUT2D eigenvalue weighted by Gasteiger charge is -2.20. The van der Waals surface area contributed by atoms with Crippen LogP contribution in [0.3, 0.4) is 0 Å². The van der Waals surface area contributed by atoms with Gasteiger partial charge in [-0.1, -0.05) is 30.5 Å². The van der Waals surface area contributed by atoms with Crippen molar-refractivity contribution >= 4 is 23.0 Å². The molecule has 1 aliphatic heterocycles. The standard InChI is InChI=1S/C14H22ClN3/c15-12-6-5-7-13(16)14(12)17-8-11-18-9-3-1-2-4-10-18/h5-7,17H,1-4,8-11,16H2. The van der Waals surface area contributed by atoms with Gasteiger partial charge in [0.1, 0.15) is 0 Å². The highest BCUT2D eigenvalue weighted by Crippen LogP contribution is 2.27. The van der Waals surface area contributed by atoms with Gasteiger partial charge < -0.3 is 16.0 Å². The number of nitrogens with zero attached hydrogens (tertiary/aromatic N) is 1. The summed E-state index contributed by atoms with van der Waals surface area (Å²) in [5.41, 5.74) is 7.50. The Morgan fingerprint density at radius 2 is 1.89 bits per heavy atom. The zero-order valence-corrected chi connectivity index (χ0v) is 11.5. The number of para-hydroxylation sites is 1. The summed E-state index contributed by atoms with van der Waals surface area (Å²) in [5, 5.41) is 4.05. The molecule has 1 aromatic rings. The van der Waals surface area contributed by atoms with Crippen LogP contribution in [0, 0.1) is 0 Å². The number of rotatable bonds is 4. The van der Waals surface area contributed by atoms with Crippen molar-refractivity contribution in [3.63, 3.8) is 0 Å². The molecule has 100 valence electrons. The fourth-order valence-electron chi connectivity index (χ4n) is 2.43. The zero-order chi connectivity index (χ0) is 12.8. The Morgan fingerprint density at radius 3 is 2.56 bits per heavy atom. The molecule has 18 heavy (non-hydrogen) atoms. The van der Waals surface area contributed by atoms with E-state index in [1.807, 2.05) is 18.2 Å². The molecule has 0 radical (unpaired) electrons. The Hall–Kier alpha value is -0.930. The Bertz CT molecular complexity index is 353. The van der Waals surface area contributed by atoms with Crippen molar-refractivity contribution in [1.82, 2.24) is 4.90 Å². The molecule has 0 amide bonds. The molecule has 1 saturated heterocycles. The number of nitrogens with two attached hydrogens (primary N) is 1. The first-order valence-corrected chi connectivity index (χ1v) is 7.15. The van der Waals surface area contributed by atoms with Gasteiger partial charge in [-0.15, -0.1) is 0 Å². The van der Waals surface area contributed by atoms with Gasteiger partial charge in [0.05, 0.1) is 16.4 Å². The molecule has 0 saturated carbocycles. The van der Waals surface area contributed by atoms with Crippen molar-refractivity contribution in [3.05, 3.63) is 23.2 Å². The fourth-order valence-corrected chi connectivity index (χ4v) is 2.67. The molecule has 1 heterocycles. The van der Waals surface area contributed by atoms with Crippen LogP contribution in [-0.2, 0) is 0 Å². The molecule has 3 nitrogen and oxygen atoms in total. The molecule has 1 fully saturated rings. The molecule has 0 unspecified atom stereocenters. The van der Waals surface area contributed by atoms with E-state index in [0.717, 1.165) is 24.5 Å². The third-order valence-electron chi connectivity index (χ3n) is 3.47. The number of anilines is 2. The van der Waals surface area contributed by atoms with Crippen molar-refractivity contribution in [1.29, 1.82) is 0 Å². The lowest BCUT2D eigenvalue weighted by atomic mass is 10.2. The van der Waals surface area contributed by atoms with Gasteiger partial charge in [-0.25, -0.2) is 0 Å².